The first-order chi connectivity index (χ1) is 23.0. The molecule has 6 rings (SSSR count). The van der Waals surface area contributed by atoms with Crippen molar-refractivity contribution in [1.82, 2.24) is 5.32 Å². The van der Waals surface area contributed by atoms with E-state index in [1.165, 1.54) is 27.2 Å². The first-order valence-electron chi connectivity index (χ1n) is 15.0. The van der Waals surface area contributed by atoms with Crippen LogP contribution in [0.2, 0.25) is 0 Å². The van der Waals surface area contributed by atoms with Gasteiger partial charge in [0.05, 0.1) is 23.3 Å². The molecule has 0 amide bonds. The average Bonchev–Trinajstić information content (AvgIpc) is 3.03. The summed E-state index contributed by atoms with van der Waals surface area (Å²) in [5.41, 5.74) is -11.2. The molecule has 1 fully saturated rings. The standard InChI is InChI=1S/C33H33NO15/c1-10-8-14-20(23(38)17(10)31(43)44)32(45)27(40)13-9-12-15(35)6-7-16(36)18(12)22(37)19(13)28(41)33(32,48-5)29(42)21(14)34-30-26(47-4)24(39)25(46-3)11(2)49-30/h6-9,11,21,24-26,29-30,34,37-39,42,45H,1-5H3,(H,43,44). The fraction of sp³-hybridized carbons (Fsp3) is 0.424. The molecular formula is C33H33NO15. The van der Waals surface area contributed by atoms with Crippen LogP contribution in [0.1, 0.15) is 81.4 Å². The van der Waals surface area contributed by atoms with Crippen molar-refractivity contribution in [3.8, 4) is 11.5 Å². The van der Waals surface area contributed by atoms with Gasteiger partial charge in [-0.25, -0.2) is 4.79 Å². The van der Waals surface area contributed by atoms with Gasteiger partial charge in [-0.15, -0.1) is 0 Å². The van der Waals surface area contributed by atoms with E-state index in [-0.39, 0.29) is 11.1 Å². The third-order valence-electron chi connectivity index (χ3n) is 10.1. The number of ketones is 4. The van der Waals surface area contributed by atoms with E-state index in [0.717, 1.165) is 25.3 Å². The van der Waals surface area contributed by atoms with Gasteiger partial charge in [-0.1, -0.05) is 6.07 Å². The van der Waals surface area contributed by atoms with E-state index < -0.39 is 128 Å². The van der Waals surface area contributed by atoms with Crippen LogP contribution in [0.15, 0.2) is 24.3 Å². The average molecular weight is 684 g/mol. The lowest BCUT2D eigenvalue weighted by Gasteiger charge is -2.56. The molecule has 2 aromatic rings. The van der Waals surface area contributed by atoms with Crippen molar-refractivity contribution in [2.24, 2.45) is 0 Å². The van der Waals surface area contributed by atoms with Crippen molar-refractivity contribution in [2.45, 2.75) is 67.8 Å². The number of rotatable bonds is 6. The molecule has 16 nitrogen and oxygen atoms in total. The number of methoxy groups -OCH3 is 3. The van der Waals surface area contributed by atoms with Gasteiger partial charge in [0, 0.05) is 38.0 Å². The van der Waals surface area contributed by atoms with Crippen molar-refractivity contribution in [3.05, 3.63) is 68.8 Å². The Kier molecular flexibility index (Phi) is 8.16. The van der Waals surface area contributed by atoms with Gasteiger partial charge in [0.15, 0.2) is 22.8 Å². The maximum absolute atomic E-state index is 14.7. The number of aryl methyl sites for hydroxylation is 1. The molecule has 9 atom stereocenters. The van der Waals surface area contributed by atoms with Gasteiger partial charge >= 0.3 is 5.97 Å². The Balaban J connectivity index is 1.66. The Morgan fingerprint density at radius 1 is 0.898 bits per heavy atom. The molecule has 260 valence electrons. The van der Waals surface area contributed by atoms with Crippen LogP contribution in [-0.4, -0.2) is 123 Å². The van der Waals surface area contributed by atoms with E-state index in [0.29, 0.717) is 0 Å². The highest BCUT2D eigenvalue weighted by Gasteiger charge is 2.74. The van der Waals surface area contributed by atoms with Gasteiger partial charge in [0.1, 0.15) is 47.7 Å². The predicted molar refractivity (Wildman–Crippen MR) is 162 cm³/mol. The minimum atomic E-state index is -3.40. The summed E-state index contributed by atoms with van der Waals surface area (Å²) in [6.07, 6.45) is -6.03. The first-order valence-corrected chi connectivity index (χ1v) is 15.0. The van der Waals surface area contributed by atoms with Crippen LogP contribution in [0.4, 0.5) is 0 Å². The number of fused-ring (bicyclic) bond motifs is 5. The number of Topliss-reactive ketones (excluding diaryl/α,β-unsaturated/α-hetero) is 2. The van der Waals surface area contributed by atoms with Crippen LogP contribution in [0.3, 0.4) is 0 Å². The Morgan fingerprint density at radius 3 is 2.12 bits per heavy atom. The minimum Gasteiger partial charge on any atom is -0.507 e. The van der Waals surface area contributed by atoms with E-state index >= 15 is 0 Å². The molecule has 49 heavy (non-hydrogen) atoms. The second kappa shape index (κ2) is 11.6. The molecule has 7 N–H and O–H groups in total. The fourth-order valence-electron chi connectivity index (χ4n) is 7.81. The van der Waals surface area contributed by atoms with Gasteiger partial charge in [-0.2, -0.15) is 0 Å². The summed E-state index contributed by atoms with van der Waals surface area (Å²) in [7, 11) is 3.46. The molecule has 0 bridgehead atoms. The summed E-state index contributed by atoms with van der Waals surface area (Å²) >= 11 is 0. The number of carboxylic acids is 1. The monoisotopic (exact) mass is 683 g/mol. The normalized spacial score (nSPS) is 33.5. The number of aliphatic hydroxyl groups is 3. The molecule has 0 aromatic heterocycles. The molecule has 4 aliphatic rings. The molecular weight excluding hydrogens is 650 g/mol. The fourth-order valence-corrected chi connectivity index (χ4v) is 7.81. The predicted octanol–water partition coefficient (Wildman–Crippen LogP) is -0.167. The zero-order valence-corrected chi connectivity index (χ0v) is 26.7. The molecule has 0 radical (unpaired) electrons. The Morgan fingerprint density at radius 2 is 1.53 bits per heavy atom. The second-order valence-corrected chi connectivity index (χ2v) is 12.4. The zero-order valence-electron chi connectivity index (χ0n) is 26.7. The van der Waals surface area contributed by atoms with Crippen molar-refractivity contribution in [3.63, 3.8) is 0 Å². The van der Waals surface area contributed by atoms with Crippen LogP contribution >= 0.6 is 0 Å². The Labute approximate surface area is 277 Å². The van der Waals surface area contributed by atoms with Gasteiger partial charge in [0.25, 0.3) is 0 Å². The highest BCUT2D eigenvalue weighted by Crippen LogP contribution is 2.59. The number of hydrogen-bond donors (Lipinski definition) is 7. The van der Waals surface area contributed by atoms with E-state index in [2.05, 4.69) is 5.32 Å². The number of phenols is 2. The van der Waals surface area contributed by atoms with E-state index in [4.69, 9.17) is 18.9 Å². The summed E-state index contributed by atoms with van der Waals surface area (Å²) in [6, 6.07) is 0.344. The van der Waals surface area contributed by atoms with Crippen LogP contribution < -0.4 is 5.32 Å². The number of carboxylic acid groups (broad SMARTS) is 1. The zero-order chi connectivity index (χ0) is 36.1. The number of carbonyl (C=O) groups excluding carboxylic acids is 4. The summed E-state index contributed by atoms with van der Waals surface area (Å²) in [5.74, 6) is -8.51. The third-order valence-corrected chi connectivity index (χ3v) is 10.1. The van der Waals surface area contributed by atoms with Gasteiger partial charge < -0.3 is 49.6 Å². The summed E-state index contributed by atoms with van der Waals surface area (Å²) in [4.78, 5) is 67.2. The van der Waals surface area contributed by atoms with Crippen molar-refractivity contribution in [1.29, 1.82) is 0 Å². The number of aromatic hydroxyl groups is 2. The highest BCUT2D eigenvalue weighted by atomic mass is 16.6. The third kappa shape index (κ3) is 4.29. The molecule has 1 saturated heterocycles. The number of aliphatic hydroxyl groups excluding tert-OH is 2. The molecule has 2 aromatic carbocycles. The number of aromatic carboxylic acids is 1. The molecule has 3 aliphatic carbocycles. The highest BCUT2D eigenvalue weighted by molar-refractivity contribution is 6.30. The summed E-state index contributed by atoms with van der Waals surface area (Å²) in [6.45, 7) is 2.89. The number of phenolic OH excluding ortho intramolecular Hbond substituents is 1. The lowest BCUT2D eigenvalue weighted by atomic mass is 9.55. The summed E-state index contributed by atoms with van der Waals surface area (Å²) < 4.78 is 22.4. The van der Waals surface area contributed by atoms with E-state index in [1.54, 1.807) is 6.92 Å². The van der Waals surface area contributed by atoms with Gasteiger partial charge in [-0.3, -0.25) is 24.5 Å². The first kappa shape index (κ1) is 34.5. The van der Waals surface area contributed by atoms with Crippen LogP contribution in [0, 0.1) is 6.92 Å². The van der Waals surface area contributed by atoms with E-state index in [9.17, 15) is 54.6 Å². The number of nitrogens with one attached hydrogen (secondary N) is 1. The van der Waals surface area contributed by atoms with Gasteiger partial charge in [0.2, 0.25) is 11.6 Å². The largest absolute Gasteiger partial charge is 0.507 e. The number of ether oxygens (including phenoxy) is 4. The number of allylic oxidation sites excluding steroid dienone is 2. The number of carbonyl (C=O) groups is 5. The minimum absolute atomic E-state index is 0.0745. The second-order valence-electron chi connectivity index (χ2n) is 12.4. The smallest absolute Gasteiger partial charge is 0.339 e. The maximum Gasteiger partial charge on any atom is 0.339 e. The summed E-state index contributed by atoms with van der Waals surface area (Å²) in [5, 5.41) is 71.7. The van der Waals surface area contributed by atoms with Crippen molar-refractivity contribution >= 4 is 29.1 Å². The molecule has 9 unspecified atom stereocenters. The lowest BCUT2D eigenvalue weighted by molar-refractivity contribution is -0.247. The van der Waals surface area contributed by atoms with Crippen LogP contribution in [0.25, 0.3) is 0 Å². The SMILES string of the molecule is COC1C(C)OC(NC2c3cc(C)c(C(=O)O)c(O)c3C3(O)C(=O)c4cc5c(c(O)c4C(=O)C3(OC)C2O)C(=O)C=CC5=O)C(OC)C1O. The van der Waals surface area contributed by atoms with Gasteiger partial charge in [-0.05, 0) is 43.2 Å². The quantitative estimate of drug-likeness (QED) is 0.209. The molecule has 0 saturated carbocycles. The molecule has 1 aliphatic heterocycles. The molecule has 0 spiro atoms. The Hall–Kier alpha value is -4.39. The maximum atomic E-state index is 14.7. The lowest BCUT2D eigenvalue weighted by Crippen LogP contribution is -2.75. The number of benzene rings is 2. The number of hydrogen-bond acceptors (Lipinski definition) is 15. The topological polar surface area (TPSA) is 256 Å². The van der Waals surface area contributed by atoms with E-state index in [1.807, 2.05) is 0 Å². The van der Waals surface area contributed by atoms with Crippen LogP contribution in [-0.2, 0) is 24.5 Å². The molecule has 1 heterocycles. The molecule has 16 heteroatoms. The Bertz CT molecular complexity index is 1890. The van der Waals surface area contributed by atoms with Crippen molar-refractivity contribution in [2.75, 3.05) is 21.3 Å². The van der Waals surface area contributed by atoms with Crippen molar-refractivity contribution < 1.29 is 73.6 Å². The van der Waals surface area contributed by atoms with Crippen LogP contribution in [0.5, 0.6) is 11.5 Å².